The number of benzene rings is 2. The number of nitrogens with one attached hydrogen (secondary N) is 1. The van der Waals surface area contributed by atoms with E-state index in [0.29, 0.717) is 15.2 Å². The number of hydrogen-bond donors (Lipinski definition) is 1. The van der Waals surface area contributed by atoms with Gasteiger partial charge in [-0.1, -0.05) is 53.4 Å². The summed E-state index contributed by atoms with van der Waals surface area (Å²) in [6, 6.07) is 14.6. The maximum atomic E-state index is 13.7. The van der Waals surface area contributed by atoms with Crippen molar-refractivity contribution in [2.24, 2.45) is 0 Å². The second kappa shape index (κ2) is 7.66. The highest BCUT2D eigenvalue weighted by Gasteiger charge is 2.30. The van der Waals surface area contributed by atoms with Crippen LogP contribution in [0.4, 0.5) is 20.9 Å². The van der Waals surface area contributed by atoms with Crippen LogP contribution in [0.3, 0.4) is 0 Å². The first-order valence-corrected chi connectivity index (χ1v) is 10.3. The van der Waals surface area contributed by atoms with Crippen LogP contribution in [0.5, 0.6) is 0 Å². The number of hydrogen-bond acceptors (Lipinski definition) is 6. The zero-order valence-electron chi connectivity index (χ0n) is 14.6. The van der Waals surface area contributed by atoms with E-state index in [9.17, 15) is 9.18 Å². The lowest BCUT2D eigenvalue weighted by molar-refractivity contribution is -0.116. The number of nitrogens with zero attached hydrogens (tertiary/aromatic N) is 3. The van der Waals surface area contributed by atoms with Gasteiger partial charge < -0.3 is 10.2 Å². The van der Waals surface area contributed by atoms with Gasteiger partial charge in [0.25, 0.3) is 0 Å². The summed E-state index contributed by atoms with van der Waals surface area (Å²) in [6.45, 7) is 2.06. The van der Waals surface area contributed by atoms with E-state index in [0.717, 1.165) is 12.1 Å². The van der Waals surface area contributed by atoms with Crippen LogP contribution in [0, 0.1) is 5.82 Å². The van der Waals surface area contributed by atoms with Crippen molar-refractivity contribution >= 4 is 45.5 Å². The Balaban J connectivity index is 1.39. The fourth-order valence-electron chi connectivity index (χ4n) is 3.14. The molecule has 0 radical (unpaired) electrons. The van der Waals surface area contributed by atoms with E-state index in [2.05, 4.69) is 28.5 Å². The third kappa shape index (κ3) is 3.81. The third-order valence-electron chi connectivity index (χ3n) is 4.32. The summed E-state index contributed by atoms with van der Waals surface area (Å²) in [5.74, 6) is -0.0115. The van der Waals surface area contributed by atoms with Gasteiger partial charge in [0.2, 0.25) is 11.0 Å². The highest BCUT2D eigenvalue weighted by atomic mass is 32.2. The van der Waals surface area contributed by atoms with Crippen LogP contribution in [0.2, 0.25) is 0 Å². The number of carbonyl (C=O) groups excluding carboxylic acids is 1. The van der Waals surface area contributed by atoms with Gasteiger partial charge in [-0.25, -0.2) is 4.39 Å². The lowest BCUT2D eigenvalue weighted by atomic mass is 10.1. The summed E-state index contributed by atoms with van der Waals surface area (Å²) < 4.78 is 14.4. The number of carbonyl (C=O) groups is 1. The van der Waals surface area contributed by atoms with Crippen molar-refractivity contribution < 1.29 is 9.18 Å². The van der Waals surface area contributed by atoms with E-state index >= 15 is 0 Å². The number of aromatic nitrogens is 2. The number of para-hydroxylation sites is 2. The van der Waals surface area contributed by atoms with Crippen molar-refractivity contribution in [2.45, 2.75) is 23.7 Å². The number of thioether (sulfide) groups is 1. The van der Waals surface area contributed by atoms with Crippen molar-refractivity contribution in [1.82, 2.24) is 10.2 Å². The molecule has 1 N–H and O–H groups in total. The van der Waals surface area contributed by atoms with E-state index < -0.39 is 0 Å². The molecule has 0 aliphatic carbocycles. The smallest absolute Gasteiger partial charge is 0.237 e. The maximum absolute atomic E-state index is 13.7. The van der Waals surface area contributed by atoms with Crippen LogP contribution < -0.4 is 10.2 Å². The van der Waals surface area contributed by atoms with Gasteiger partial charge in [-0.05, 0) is 37.1 Å². The van der Waals surface area contributed by atoms with Gasteiger partial charge in [0, 0.05) is 11.7 Å². The minimum Gasteiger partial charge on any atom is -0.328 e. The lowest BCUT2D eigenvalue weighted by Crippen LogP contribution is -2.36. The molecule has 1 atom stereocenters. The molecule has 138 valence electrons. The normalized spacial score (nSPS) is 15.6. The Morgan fingerprint density at radius 1 is 1.26 bits per heavy atom. The minimum absolute atomic E-state index is 0.0521. The van der Waals surface area contributed by atoms with Gasteiger partial charge in [-0.2, -0.15) is 0 Å². The Morgan fingerprint density at radius 3 is 2.89 bits per heavy atom. The van der Waals surface area contributed by atoms with Gasteiger partial charge in [0.05, 0.1) is 11.4 Å². The third-order valence-corrected chi connectivity index (χ3v) is 6.27. The summed E-state index contributed by atoms with van der Waals surface area (Å²) in [5, 5.41) is 11.5. The number of halogens is 1. The number of anilines is 3. The fourth-order valence-corrected chi connectivity index (χ4v) is 4.76. The van der Waals surface area contributed by atoms with Crippen LogP contribution in [0.1, 0.15) is 12.5 Å². The van der Waals surface area contributed by atoms with Crippen molar-refractivity contribution in [3.63, 3.8) is 0 Å². The average Bonchev–Trinajstić information content (AvgIpc) is 3.24. The van der Waals surface area contributed by atoms with Gasteiger partial charge in [-0.3, -0.25) is 4.79 Å². The van der Waals surface area contributed by atoms with E-state index in [4.69, 9.17) is 0 Å². The summed E-state index contributed by atoms with van der Waals surface area (Å²) in [4.78, 5) is 14.6. The Kier molecular flexibility index (Phi) is 5.09. The zero-order valence-corrected chi connectivity index (χ0v) is 16.2. The monoisotopic (exact) mass is 400 g/mol. The Morgan fingerprint density at radius 2 is 2.04 bits per heavy atom. The molecule has 0 fully saturated rings. The molecule has 5 nitrogen and oxygen atoms in total. The van der Waals surface area contributed by atoms with Crippen LogP contribution in [0.15, 0.2) is 52.9 Å². The molecule has 2 aromatic carbocycles. The van der Waals surface area contributed by atoms with E-state index in [1.54, 1.807) is 18.2 Å². The molecular weight excluding hydrogens is 383 g/mol. The summed E-state index contributed by atoms with van der Waals surface area (Å²) in [6.07, 6.45) is 0.877. The van der Waals surface area contributed by atoms with E-state index in [1.807, 2.05) is 23.1 Å². The number of rotatable bonds is 5. The Hall–Kier alpha value is -2.45. The van der Waals surface area contributed by atoms with E-state index in [1.165, 1.54) is 34.7 Å². The molecule has 4 rings (SSSR count). The van der Waals surface area contributed by atoms with Crippen LogP contribution in [0.25, 0.3) is 0 Å². The molecule has 0 spiro atoms. The first-order chi connectivity index (χ1) is 13.1. The van der Waals surface area contributed by atoms with Gasteiger partial charge in [0.1, 0.15) is 5.82 Å². The largest absolute Gasteiger partial charge is 0.328 e. The highest BCUT2D eigenvalue weighted by molar-refractivity contribution is 8.01. The fraction of sp³-hybridized carbons (Fsp3) is 0.211. The Bertz CT molecular complexity index is 978. The molecular formula is C19H17FN4OS2. The maximum Gasteiger partial charge on any atom is 0.237 e. The number of fused-ring (bicyclic) bond motifs is 1. The predicted octanol–water partition coefficient (Wildman–Crippen LogP) is 4.49. The molecule has 1 aliphatic heterocycles. The first kappa shape index (κ1) is 17.9. The molecule has 0 bridgehead atoms. The van der Waals surface area contributed by atoms with Crippen LogP contribution in [-0.2, 0) is 11.2 Å². The SMILES string of the molecule is CC1Cc2ccccc2N1C(=O)CSc1nnc(Nc2ccccc2F)s1. The topological polar surface area (TPSA) is 58.1 Å². The number of amides is 1. The lowest BCUT2D eigenvalue weighted by Gasteiger charge is -2.22. The van der Waals surface area contributed by atoms with Crippen LogP contribution >= 0.6 is 23.1 Å². The van der Waals surface area contributed by atoms with Crippen molar-refractivity contribution in [2.75, 3.05) is 16.0 Å². The summed E-state index contributed by atoms with van der Waals surface area (Å²) in [5.41, 5.74) is 2.55. The molecule has 2 heterocycles. The zero-order chi connectivity index (χ0) is 18.8. The average molecular weight is 401 g/mol. The van der Waals surface area contributed by atoms with Gasteiger partial charge in [-0.15, -0.1) is 10.2 Å². The molecule has 0 saturated carbocycles. The highest BCUT2D eigenvalue weighted by Crippen LogP contribution is 2.34. The van der Waals surface area contributed by atoms with Crippen molar-refractivity contribution in [1.29, 1.82) is 0 Å². The second-order valence-corrected chi connectivity index (χ2v) is 8.41. The summed E-state index contributed by atoms with van der Waals surface area (Å²) in [7, 11) is 0. The minimum atomic E-state index is -0.348. The van der Waals surface area contributed by atoms with Gasteiger partial charge >= 0.3 is 0 Å². The molecule has 1 unspecified atom stereocenters. The summed E-state index contributed by atoms with van der Waals surface area (Å²) >= 11 is 2.65. The molecule has 27 heavy (non-hydrogen) atoms. The molecule has 1 aromatic heterocycles. The van der Waals surface area contributed by atoms with Crippen LogP contribution in [-0.4, -0.2) is 27.9 Å². The standard InChI is InChI=1S/C19H17FN4OS2/c1-12-10-13-6-2-5-9-16(13)24(12)17(25)11-26-19-23-22-18(27-19)21-15-8-4-3-7-14(15)20/h2-9,12H,10-11H2,1H3,(H,21,22). The Labute approximate surface area is 164 Å². The second-order valence-electron chi connectivity index (χ2n) is 6.21. The van der Waals surface area contributed by atoms with Crippen molar-refractivity contribution in [3.8, 4) is 0 Å². The molecule has 3 aromatic rings. The quantitative estimate of drug-likeness (QED) is 0.640. The predicted molar refractivity (Wildman–Crippen MR) is 107 cm³/mol. The molecule has 0 saturated heterocycles. The molecule has 1 amide bonds. The van der Waals surface area contributed by atoms with Gasteiger partial charge in [0.15, 0.2) is 4.34 Å². The van der Waals surface area contributed by atoms with Crippen molar-refractivity contribution in [3.05, 3.63) is 59.9 Å². The molecule has 1 aliphatic rings. The van der Waals surface area contributed by atoms with E-state index in [-0.39, 0.29) is 23.5 Å². The molecule has 8 heteroatoms. The first-order valence-electron chi connectivity index (χ1n) is 8.49.